The van der Waals surface area contributed by atoms with E-state index in [1.54, 1.807) is 48.5 Å². The standard InChI is InChI=1S/C17H12ClNO4/c18-14(17(22)23)10-15(20)19-13-8-6-12(7-9-13)16(21)11-4-2-1-3-5-11/h1-10H,(H,19,20)(H,22,23)/b14-10+. The van der Waals surface area contributed by atoms with Crippen molar-refractivity contribution in [2.24, 2.45) is 0 Å². The Labute approximate surface area is 137 Å². The van der Waals surface area contributed by atoms with E-state index in [2.05, 4.69) is 5.32 Å². The zero-order valence-corrected chi connectivity index (χ0v) is 12.6. The number of aliphatic carboxylic acids is 1. The van der Waals surface area contributed by atoms with Crippen molar-refractivity contribution in [2.45, 2.75) is 0 Å². The highest BCUT2D eigenvalue weighted by Crippen LogP contribution is 2.14. The number of anilines is 1. The summed E-state index contributed by atoms with van der Waals surface area (Å²) in [5.74, 6) is -2.18. The van der Waals surface area contributed by atoms with Gasteiger partial charge >= 0.3 is 5.97 Å². The normalized spacial score (nSPS) is 10.9. The van der Waals surface area contributed by atoms with Gasteiger partial charge in [0.25, 0.3) is 0 Å². The van der Waals surface area contributed by atoms with Crippen LogP contribution in [0.1, 0.15) is 15.9 Å². The highest BCUT2D eigenvalue weighted by Gasteiger charge is 2.09. The molecule has 2 aromatic rings. The molecule has 0 saturated heterocycles. The van der Waals surface area contributed by atoms with Gasteiger partial charge in [-0.2, -0.15) is 0 Å². The largest absolute Gasteiger partial charge is 0.477 e. The maximum Gasteiger partial charge on any atom is 0.347 e. The molecule has 0 unspecified atom stereocenters. The van der Waals surface area contributed by atoms with E-state index in [-0.39, 0.29) is 5.78 Å². The number of halogens is 1. The number of carboxylic acids is 1. The molecule has 116 valence electrons. The quantitative estimate of drug-likeness (QED) is 0.652. The Hall–Kier alpha value is -2.92. The lowest BCUT2D eigenvalue weighted by Gasteiger charge is -2.05. The van der Waals surface area contributed by atoms with Gasteiger partial charge in [-0.05, 0) is 24.3 Å². The average Bonchev–Trinajstić information content (AvgIpc) is 2.55. The molecule has 0 aliphatic heterocycles. The summed E-state index contributed by atoms with van der Waals surface area (Å²) in [7, 11) is 0. The smallest absolute Gasteiger partial charge is 0.347 e. The van der Waals surface area contributed by atoms with Crippen LogP contribution < -0.4 is 5.32 Å². The number of nitrogens with one attached hydrogen (secondary N) is 1. The molecule has 0 aliphatic carbocycles. The molecule has 0 aliphatic rings. The van der Waals surface area contributed by atoms with Crippen LogP contribution in [0.5, 0.6) is 0 Å². The first-order valence-corrected chi connectivity index (χ1v) is 6.96. The van der Waals surface area contributed by atoms with E-state index in [0.29, 0.717) is 16.8 Å². The van der Waals surface area contributed by atoms with Crippen molar-refractivity contribution in [1.29, 1.82) is 0 Å². The molecule has 2 aromatic carbocycles. The van der Waals surface area contributed by atoms with E-state index in [9.17, 15) is 14.4 Å². The highest BCUT2D eigenvalue weighted by atomic mass is 35.5. The molecule has 0 atom stereocenters. The Morgan fingerprint density at radius 3 is 2.04 bits per heavy atom. The number of ketones is 1. The van der Waals surface area contributed by atoms with E-state index in [1.807, 2.05) is 6.07 Å². The van der Waals surface area contributed by atoms with Gasteiger partial charge in [-0.3, -0.25) is 9.59 Å². The van der Waals surface area contributed by atoms with Gasteiger partial charge in [-0.1, -0.05) is 41.9 Å². The Kier molecular flexibility index (Phi) is 5.28. The van der Waals surface area contributed by atoms with Crippen LogP contribution in [0.15, 0.2) is 65.7 Å². The lowest BCUT2D eigenvalue weighted by Crippen LogP contribution is -2.10. The molecule has 0 bridgehead atoms. The maximum absolute atomic E-state index is 12.2. The number of hydrogen-bond acceptors (Lipinski definition) is 3. The zero-order valence-electron chi connectivity index (χ0n) is 11.8. The Morgan fingerprint density at radius 1 is 0.913 bits per heavy atom. The Bertz CT molecular complexity index is 767. The Balaban J connectivity index is 2.08. The first kappa shape index (κ1) is 16.5. The first-order valence-electron chi connectivity index (χ1n) is 6.58. The number of carbonyl (C=O) groups excluding carboxylic acids is 2. The predicted molar refractivity (Wildman–Crippen MR) is 86.5 cm³/mol. The highest BCUT2D eigenvalue weighted by molar-refractivity contribution is 6.42. The molecule has 23 heavy (non-hydrogen) atoms. The fraction of sp³-hybridized carbons (Fsp3) is 0. The summed E-state index contributed by atoms with van der Waals surface area (Å²) in [6.07, 6.45) is 0.771. The summed E-state index contributed by atoms with van der Waals surface area (Å²) in [5, 5.41) is 10.5. The summed E-state index contributed by atoms with van der Waals surface area (Å²) in [6.45, 7) is 0. The SMILES string of the molecule is O=C(/C=C(/Cl)C(=O)O)Nc1ccc(C(=O)c2ccccc2)cc1. The van der Waals surface area contributed by atoms with Gasteiger partial charge in [-0.15, -0.1) is 0 Å². The molecule has 2 rings (SSSR count). The molecule has 0 radical (unpaired) electrons. The lowest BCUT2D eigenvalue weighted by molar-refractivity contribution is -0.132. The summed E-state index contributed by atoms with van der Waals surface area (Å²) < 4.78 is 0. The number of carboxylic acid groups (broad SMARTS) is 1. The van der Waals surface area contributed by atoms with Crippen LogP contribution >= 0.6 is 11.6 Å². The van der Waals surface area contributed by atoms with Crippen molar-refractivity contribution < 1.29 is 19.5 Å². The van der Waals surface area contributed by atoms with Crippen LogP contribution in [-0.2, 0) is 9.59 Å². The molecule has 1 amide bonds. The van der Waals surface area contributed by atoms with Crippen molar-refractivity contribution in [3.05, 3.63) is 76.8 Å². The summed E-state index contributed by atoms with van der Waals surface area (Å²) in [4.78, 5) is 34.3. The Morgan fingerprint density at radius 2 is 1.48 bits per heavy atom. The minimum Gasteiger partial charge on any atom is -0.477 e. The van der Waals surface area contributed by atoms with Crippen molar-refractivity contribution >= 4 is 34.9 Å². The second-order valence-corrected chi connectivity index (χ2v) is 4.97. The van der Waals surface area contributed by atoms with E-state index in [1.165, 1.54) is 0 Å². The number of rotatable bonds is 5. The number of hydrogen-bond donors (Lipinski definition) is 2. The monoisotopic (exact) mass is 329 g/mol. The van der Waals surface area contributed by atoms with Gasteiger partial charge in [0.2, 0.25) is 5.91 Å². The minimum atomic E-state index is -1.38. The summed E-state index contributed by atoms with van der Waals surface area (Å²) >= 11 is 5.37. The first-order chi connectivity index (χ1) is 11.0. The topological polar surface area (TPSA) is 83.5 Å². The van der Waals surface area contributed by atoms with Crippen molar-refractivity contribution in [1.82, 2.24) is 0 Å². The van der Waals surface area contributed by atoms with Crippen molar-refractivity contribution in [3.63, 3.8) is 0 Å². The average molecular weight is 330 g/mol. The second kappa shape index (κ2) is 7.38. The molecule has 5 nitrogen and oxygen atoms in total. The third-order valence-corrected chi connectivity index (χ3v) is 3.18. The van der Waals surface area contributed by atoms with Gasteiger partial charge in [0.05, 0.1) is 0 Å². The number of benzene rings is 2. The number of amides is 1. The van der Waals surface area contributed by atoms with Gasteiger partial charge in [-0.25, -0.2) is 4.79 Å². The van der Waals surface area contributed by atoms with Gasteiger partial charge in [0.1, 0.15) is 5.03 Å². The number of carbonyl (C=O) groups is 3. The van der Waals surface area contributed by atoms with E-state index >= 15 is 0 Å². The van der Waals surface area contributed by atoms with Crippen LogP contribution in [-0.4, -0.2) is 22.8 Å². The molecule has 6 heteroatoms. The molecule has 0 saturated carbocycles. The fourth-order valence-corrected chi connectivity index (χ4v) is 1.92. The molecular weight excluding hydrogens is 318 g/mol. The third kappa shape index (κ3) is 4.52. The van der Waals surface area contributed by atoms with Gasteiger partial charge in [0.15, 0.2) is 5.78 Å². The van der Waals surface area contributed by atoms with Crippen LogP contribution in [0.2, 0.25) is 0 Å². The van der Waals surface area contributed by atoms with Crippen LogP contribution in [0.3, 0.4) is 0 Å². The molecule has 0 heterocycles. The molecular formula is C17H12ClNO4. The molecule has 0 aromatic heterocycles. The zero-order chi connectivity index (χ0) is 16.8. The van der Waals surface area contributed by atoms with E-state index in [4.69, 9.17) is 16.7 Å². The predicted octanol–water partition coefficient (Wildman–Crippen LogP) is 3.06. The lowest BCUT2D eigenvalue weighted by atomic mass is 10.0. The van der Waals surface area contributed by atoms with Crippen LogP contribution in [0.4, 0.5) is 5.69 Å². The minimum absolute atomic E-state index is 0.128. The van der Waals surface area contributed by atoms with Gasteiger partial charge < -0.3 is 10.4 Å². The summed E-state index contributed by atoms with van der Waals surface area (Å²) in [6, 6.07) is 15.1. The summed E-state index contributed by atoms with van der Waals surface area (Å²) in [5.41, 5.74) is 1.47. The fourth-order valence-electron chi connectivity index (χ4n) is 1.82. The second-order valence-electron chi connectivity index (χ2n) is 4.56. The molecule has 2 N–H and O–H groups in total. The van der Waals surface area contributed by atoms with E-state index < -0.39 is 16.9 Å². The van der Waals surface area contributed by atoms with Crippen molar-refractivity contribution in [2.75, 3.05) is 5.32 Å². The maximum atomic E-state index is 12.2. The van der Waals surface area contributed by atoms with Crippen molar-refractivity contribution in [3.8, 4) is 0 Å². The van der Waals surface area contributed by atoms with Gasteiger partial charge in [0, 0.05) is 22.9 Å². The molecule has 0 fully saturated rings. The van der Waals surface area contributed by atoms with Crippen LogP contribution in [0.25, 0.3) is 0 Å². The van der Waals surface area contributed by atoms with Crippen LogP contribution in [0, 0.1) is 0 Å². The van der Waals surface area contributed by atoms with E-state index in [0.717, 1.165) is 6.08 Å². The third-order valence-electron chi connectivity index (χ3n) is 2.91. The molecule has 0 spiro atoms.